The Bertz CT molecular complexity index is 399. The molecule has 0 aliphatic heterocycles. The second kappa shape index (κ2) is 8.05. The van der Waals surface area contributed by atoms with Crippen molar-refractivity contribution in [2.24, 2.45) is 0 Å². The van der Waals surface area contributed by atoms with Gasteiger partial charge in [0.1, 0.15) is 11.6 Å². The van der Waals surface area contributed by atoms with Crippen LogP contribution in [-0.2, 0) is 9.59 Å². The van der Waals surface area contributed by atoms with E-state index in [0.717, 1.165) is 0 Å². The molecule has 6 heteroatoms. The van der Waals surface area contributed by atoms with Gasteiger partial charge in [0.25, 0.3) is 5.91 Å². The van der Waals surface area contributed by atoms with Gasteiger partial charge in [-0.1, -0.05) is 6.07 Å². The fourth-order valence-electron chi connectivity index (χ4n) is 1.23. The summed E-state index contributed by atoms with van der Waals surface area (Å²) in [4.78, 5) is 21.3. The molecule has 98 valence electrons. The Morgan fingerprint density at radius 2 is 2.22 bits per heavy atom. The first-order valence-corrected chi connectivity index (χ1v) is 5.54. The molecule has 18 heavy (non-hydrogen) atoms. The molecule has 1 aromatic carbocycles. The van der Waals surface area contributed by atoms with Crippen LogP contribution >= 0.6 is 0 Å². The zero-order valence-electron chi connectivity index (χ0n) is 9.82. The van der Waals surface area contributed by atoms with Crippen LogP contribution in [-0.4, -0.2) is 32.0 Å². The van der Waals surface area contributed by atoms with Crippen LogP contribution in [0.3, 0.4) is 0 Å². The van der Waals surface area contributed by atoms with Gasteiger partial charge in [0.15, 0.2) is 6.61 Å². The predicted molar refractivity (Wildman–Crippen MR) is 63.6 cm³/mol. The van der Waals surface area contributed by atoms with Crippen molar-refractivity contribution >= 4 is 12.3 Å². The Kier molecular flexibility index (Phi) is 6.24. The molecular weight excluding hydrogens is 239 g/mol. The smallest absolute Gasteiger partial charge is 0.257 e. The number of nitrogens with one attached hydrogen (secondary N) is 2. The minimum atomic E-state index is -0.409. The summed E-state index contributed by atoms with van der Waals surface area (Å²) >= 11 is 0. The predicted octanol–water partition coefficient (Wildman–Crippen LogP) is 0.457. The van der Waals surface area contributed by atoms with E-state index in [2.05, 4.69) is 10.6 Å². The highest BCUT2D eigenvalue weighted by atomic mass is 19.1. The van der Waals surface area contributed by atoms with Crippen molar-refractivity contribution in [3.8, 4) is 5.75 Å². The average Bonchev–Trinajstić information content (AvgIpc) is 2.36. The molecule has 1 rings (SSSR count). The topological polar surface area (TPSA) is 67.4 Å². The molecule has 1 aromatic rings. The van der Waals surface area contributed by atoms with E-state index in [9.17, 15) is 14.0 Å². The minimum Gasteiger partial charge on any atom is -0.484 e. The van der Waals surface area contributed by atoms with E-state index >= 15 is 0 Å². The summed E-state index contributed by atoms with van der Waals surface area (Å²) in [7, 11) is 0. The fraction of sp³-hybridized carbons (Fsp3) is 0.333. The van der Waals surface area contributed by atoms with Crippen LogP contribution in [0.5, 0.6) is 5.75 Å². The van der Waals surface area contributed by atoms with Gasteiger partial charge in [-0.05, 0) is 18.6 Å². The summed E-state index contributed by atoms with van der Waals surface area (Å²) < 4.78 is 17.9. The highest BCUT2D eigenvalue weighted by Crippen LogP contribution is 2.11. The zero-order valence-corrected chi connectivity index (χ0v) is 9.82. The second-order valence-corrected chi connectivity index (χ2v) is 3.52. The number of benzene rings is 1. The van der Waals surface area contributed by atoms with E-state index < -0.39 is 5.82 Å². The molecule has 2 amide bonds. The molecule has 0 saturated carbocycles. The summed E-state index contributed by atoms with van der Waals surface area (Å²) in [5, 5.41) is 5.09. The van der Waals surface area contributed by atoms with Gasteiger partial charge in [-0.25, -0.2) is 4.39 Å². The van der Waals surface area contributed by atoms with Gasteiger partial charge in [-0.15, -0.1) is 0 Å². The maximum atomic E-state index is 12.8. The summed E-state index contributed by atoms with van der Waals surface area (Å²) in [6.07, 6.45) is 1.25. The number of amides is 2. The number of hydrogen-bond donors (Lipinski definition) is 2. The van der Waals surface area contributed by atoms with Gasteiger partial charge in [-0.2, -0.15) is 0 Å². The molecule has 0 aliphatic carbocycles. The normalized spacial score (nSPS) is 9.61. The molecule has 0 radical (unpaired) electrons. The van der Waals surface area contributed by atoms with Crippen LogP contribution in [0.25, 0.3) is 0 Å². The van der Waals surface area contributed by atoms with Gasteiger partial charge in [0.05, 0.1) is 0 Å². The third-order valence-electron chi connectivity index (χ3n) is 2.07. The van der Waals surface area contributed by atoms with Crippen LogP contribution in [0.15, 0.2) is 24.3 Å². The van der Waals surface area contributed by atoms with Crippen molar-refractivity contribution in [2.75, 3.05) is 19.7 Å². The molecule has 0 heterocycles. The van der Waals surface area contributed by atoms with E-state index in [-0.39, 0.29) is 12.5 Å². The largest absolute Gasteiger partial charge is 0.484 e. The van der Waals surface area contributed by atoms with Gasteiger partial charge >= 0.3 is 0 Å². The van der Waals surface area contributed by atoms with Gasteiger partial charge in [-0.3, -0.25) is 9.59 Å². The maximum Gasteiger partial charge on any atom is 0.257 e. The van der Waals surface area contributed by atoms with E-state index in [0.29, 0.717) is 31.7 Å². The van der Waals surface area contributed by atoms with Crippen molar-refractivity contribution in [3.63, 3.8) is 0 Å². The quantitative estimate of drug-likeness (QED) is 0.523. The van der Waals surface area contributed by atoms with Crippen molar-refractivity contribution < 1.29 is 18.7 Å². The number of hydrogen-bond acceptors (Lipinski definition) is 3. The molecule has 0 atom stereocenters. The lowest BCUT2D eigenvalue weighted by Gasteiger charge is -2.07. The molecule has 0 saturated heterocycles. The number of rotatable bonds is 8. The molecule has 0 fully saturated rings. The molecular formula is C12H15FN2O3. The lowest BCUT2D eigenvalue weighted by molar-refractivity contribution is -0.123. The lowest BCUT2D eigenvalue weighted by Crippen LogP contribution is -2.31. The number of halogens is 1. The van der Waals surface area contributed by atoms with Crippen LogP contribution in [0.1, 0.15) is 6.42 Å². The van der Waals surface area contributed by atoms with E-state index in [1.54, 1.807) is 6.07 Å². The van der Waals surface area contributed by atoms with E-state index in [1.807, 2.05) is 0 Å². The summed E-state index contributed by atoms with van der Waals surface area (Å²) in [6, 6.07) is 5.59. The van der Waals surface area contributed by atoms with Crippen LogP contribution in [0, 0.1) is 5.82 Å². The Hall–Kier alpha value is -2.11. The van der Waals surface area contributed by atoms with E-state index in [4.69, 9.17) is 4.74 Å². The first kappa shape index (κ1) is 14.0. The van der Waals surface area contributed by atoms with Crippen LogP contribution < -0.4 is 15.4 Å². The highest BCUT2D eigenvalue weighted by molar-refractivity contribution is 5.77. The number of carbonyl (C=O) groups is 2. The molecule has 0 unspecified atom stereocenters. The minimum absolute atomic E-state index is 0.162. The molecule has 2 N–H and O–H groups in total. The fourth-order valence-corrected chi connectivity index (χ4v) is 1.23. The zero-order chi connectivity index (χ0) is 13.2. The first-order chi connectivity index (χ1) is 8.72. The summed E-state index contributed by atoms with van der Waals surface area (Å²) in [6.45, 7) is 0.797. The molecule has 0 aliphatic rings. The van der Waals surface area contributed by atoms with Gasteiger partial charge in [0.2, 0.25) is 6.41 Å². The maximum absolute atomic E-state index is 12.8. The Balaban J connectivity index is 2.15. The van der Waals surface area contributed by atoms with E-state index in [1.165, 1.54) is 18.2 Å². The number of carbonyl (C=O) groups excluding carboxylic acids is 2. The van der Waals surface area contributed by atoms with Crippen molar-refractivity contribution in [3.05, 3.63) is 30.1 Å². The third kappa shape index (κ3) is 5.83. The Labute approximate surface area is 104 Å². The first-order valence-electron chi connectivity index (χ1n) is 5.54. The van der Waals surface area contributed by atoms with Crippen molar-refractivity contribution in [1.29, 1.82) is 0 Å². The second-order valence-electron chi connectivity index (χ2n) is 3.52. The standard InChI is InChI=1S/C12H15FN2O3/c13-10-3-1-4-11(7-10)18-8-12(17)15-6-2-5-14-9-16/h1,3-4,7,9H,2,5-6,8H2,(H,14,16)(H,15,17). The summed E-state index contributed by atoms with van der Waals surface area (Å²) in [5.74, 6) is -0.383. The van der Waals surface area contributed by atoms with Crippen molar-refractivity contribution in [2.45, 2.75) is 6.42 Å². The molecule has 0 bridgehead atoms. The highest BCUT2D eigenvalue weighted by Gasteiger charge is 2.02. The van der Waals surface area contributed by atoms with Gasteiger partial charge < -0.3 is 15.4 Å². The van der Waals surface area contributed by atoms with Crippen LogP contribution in [0.4, 0.5) is 4.39 Å². The molecule has 0 aromatic heterocycles. The summed E-state index contributed by atoms with van der Waals surface area (Å²) in [5.41, 5.74) is 0. The lowest BCUT2D eigenvalue weighted by atomic mass is 10.3. The van der Waals surface area contributed by atoms with Crippen LogP contribution in [0.2, 0.25) is 0 Å². The monoisotopic (exact) mass is 254 g/mol. The Morgan fingerprint density at radius 1 is 1.39 bits per heavy atom. The molecule has 0 spiro atoms. The third-order valence-corrected chi connectivity index (χ3v) is 2.07. The Morgan fingerprint density at radius 3 is 2.94 bits per heavy atom. The number of ether oxygens (including phenoxy) is 1. The van der Waals surface area contributed by atoms with Gasteiger partial charge in [0, 0.05) is 19.2 Å². The van der Waals surface area contributed by atoms with Crippen molar-refractivity contribution in [1.82, 2.24) is 10.6 Å². The average molecular weight is 254 g/mol. The SMILES string of the molecule is O=CNCCCNC(=O)COc1cccc(F)c1. The molecule has 5 nitrogen and oxygen atoms in total.